The fourth-order valence-electron chi connectivity index (χ4n) is 1.97. The molecule has 0 radical (unpaired) electrons. The van der Waals surface area contributed by atoms with Gasteiger partial charge in [0.15, 0.2) is 5.65 Å². The molecule has 3 N–H and O–H groups in total. The second-order valence-corrected chi connectivity index (χ2v) is 5.84. The lowest BCUT2D eigenvalue weighted by Gasteiger charge is -2.22. The molecule has 0 aliphatic carbocycles. The fraction of sp³-hybridized carbons (Fsp3) is 0.500. The third-order valence-electron chi connectivity index (χ3n) is 2.85. The molecule has 7 heteroatoms. The highest BCUT2D eigenvalue weighted by Crippen LogP contribution is 2.09. The number of ether oxygens (including phenoxy) is 1. The summed E-state index contributed by atoms with van der Waals surface area (Å²) >= 11 is 0. The number of nitrogens with zero attached hydrogens (tertiary/aromatic N) is 3. The van der Waals surface area contributed by atoms with Gasteiger partial charge in [-0.05, 0) is 20.8 Å². The number of hydrogen-bond acceptors (Lipinski definition) is 5. The van der Waals surface area contributed by atoms with Crippen molar-refractivity contribution in [2.45, 2.75) is 38.8 Å². The van der Waals surface area contributed by atoms with Crippen LogP contribution < -0.4 is 11.1 Å². The molecular weight excluding hydrogens is 270 g/mol. The van der Waals surface area contributed by atoms with Gasteiger partial charge in [-0.25, -0.2) is 9.78 Å². The number of carbonyl (C=O) groups is 1. The molecule has 114 valence electrons. The van der Waals surface area contributed by atoms with E-state index in [0.29, 0.717) is 13.0 Å². The van der Waals surface area contributed by atoms with Gasteiger partial charge in [-0.1, -0.05) is 0 Å². The SMILES string of the molecule is CC(C)(C)OC(=O)NC(CN)Cc1cnc2cnccn12. The maximum atomic E-state index is 11.8. The van der Waals surface area contributed by atoms with Gasteiger partial charge in [0.05, 0.1) is 6.20 Å². The molecule has 1 unspecified atom stereocenters. The zero-order valence-corrected chi connectivity index (χ0v) is 12.5. The van der Waals surface area contributed by atoms with Crippen molar-refractivity contribution in [3.05, 3.63) is 30.5 Å². The van der Waals surface area contributed by atoms with Gasteiger partial charge in [-0.2, -0.15) is 0 Å². The van der Waals surface area contributed by atoms with Gasteiger partial charge in [0, 0.05) is 43.3 Å². The Morgan fingerprint density at radius 2 is 2.24 bits per heavy atom. The van der Waals surface area contributed by atoms with Crippen LogP contribution in [0.1, 0.15) is 26.5 Å². The van der Waals surface area contributed by atoms with Crippen molar-refractivity contribution >= 4 is 11.7 Å². The van der Waals surface area contributed by atoms with Crippen LogP contribution in [0.2, 0.25) is 0 Å². The highest BCUT2D eigenvalue weighted by Gasteiger charge is 2.19. The Hall–Kier alpha value is -2.15. The largest absolute Gasteiger partial charge is 0.444 e. The van der Waals surface area contributed by atoms with Crippen molar-refractivity contribution in [3.8, 4) is 0 Å². The number of carbonyl (C=O) groups excluding carboxylic acids is 1. The lowest BCUT2D eigenvalue weighted by Crippen LogP contribution is -2.44. The molecular formula is C14H21N5O2. The summed E-state index contributed by atoms with van der Waals surface area (Å²) in [6.45, 7) is 5.78. The van der Waals surface area contributed by atoms with Crippen molar-refractivity contribution in [1.29, 1.82) is 0 Å². The van der Waals surface area contributed by atoms with Crippen molar-refractivity contribution in [2.24, 2.45) is 5.73 Å². The number of aromatic nitrogens is 3. The fourth-order valence-corrected chi connectivity index (χ4v) is 1.97. The van der Waals surface area contributed by atoms with E-state index >= 15 is 0 Å². The van der Waals surface area contributed by atoms with Gasteiger partial charge in [0.25, 0.3) is 0 Å². The summed E-state index contributed by atoms with van der Waals surface area (Å²) in [5.74, 6) is 0. The van der Waals surface area contributed by atoms with Gasteiger partial charge in [0.2, 0.25) is 0 Å². The number of nitrogens with one attached hydrogen (secondary N) is 1. The molecule has 0 fully saturated rings. The third kappa shape index (κ3) is 4.16. The molecule has 1 atom stereocenters. The first kappa shape index (κ1) is 15.2. The lowest BCUT2D eigenvalue weighted by atomic mass is 10.1. The normalized spacial score (nSPS) is 13.1. The topological polar surface area (TPSA) is 94.5 Å². The predicted octanol–water partition coefficient (Wildman–Crippen LogP) is 1.12. The highest BCUT2D eigenvalue weighted by atomic mass is 16.6. The van der Waals surface area contributed by atoms with E-state index in [1.54, 1.807) is 18.6 Å². The van der Waals surface area contributed by atoms with Crippen LogP contribution in [-0.2, 0) is 11.2 Å². The van der Waals surface area contributed by atoms with E-state index in [4.69, 9.17) is 10.5 Å². The molecule has 2 aromatic heterocycles. The van der Waals surface area contributed by atoms with E-state index in [2.05, 4.69) is 15.3 Å². The summed E-state index contributed by atoms with van der Waals surface area (Å²) in [4.78, 5) is 20.1. The minimum Gasteiger partial charge on any atom is -0.444 e. The maximum absolute atomic E-state index is 11.8. The van der Waals surface area contributed by atoms with E-state index in [-0.39, 0.29) is 6.04 Å². The van der Waals surface area contributed by atoms with E-state index in [9.17, 15) is 4.79 Å². The third-order valence-corrected chi connectivity index (χ3v) is 2.85. The molecule has 0 saturated heterocycles. The number of alkyl carbamates (subject to hydrolysis) is 1. The maximum Gasteiger partial charge on any atom is 0.407 e. The van der Waals surface area contributed by atoms with Gasteiger partial charge in [-0.15, -0.1) is 0 Å². The summed E-state index contributed by atoms with van der Waals surface area (Å²) in [6.07, 6.45) is 7.07. The van der Waals surface area contributed by atoms with E-state index in [0.717, 1.165) is 11.3 Å². The van der Waals surface area contributed by atoms with Gasteiger partial charge in [-0.3, -0.25) is 4.98 Å². The van der Waals surface area contributed by atoms with Gasteiger partial charge >= 0.3 is 6.09 Å². The van der Waals surface area contributed by atoms with Crippen LogP contribution in [0.25, 0.3) is 5.65 Å². The van der Waals surface area contributed by atoms with Gasteiger partial charge in [0.1, 0.15) is 5.60 Å². The second-order valence-electron chi connectivity index (χ2n) is 5.84. The molecule has 0 saturated carbocycles. The molecule has 2 aromatic rings. The van der Waals surface area contributed by atoms with E-state index < -0.39 is 11.7 Å². The molecule has 2 rings (SSSR count). The Balaban J connectivity index is 2.04. The molecule has 0 bridgehead atoms. The first-order valence-corrected chi connectivity index (χ1v) is 6.84. The summed E-state index contributed by atoms with van der Waals surface area (Å²) in [7, 11) is 0. The second kappa shape index (κ2) is 6.09. The number of hydrogen-bond donors (Lipinski definition) is 2. The molecule has 0 aliphatic heterocycles. The van der Waals surface area contributed by atoms with Crippen LogP contribution in [0.5, 0.6) is 0 Å². The van der Waals surface area contributed by atoms with Crippen LogP contribution in [0.15, 0.2) is 24.8 Å². The number of amides is 1. The van der Waals surface area contributed by atoms with Crippen molar-refractivity contribution in [1.82, 2.24) is 19.7 Å². The smallest absolute Gasteiger partial charge is 0.407 e. The Kier molecular flexibility index (Phi) is 4.42. The summed E-state index contributed by atoms with van der Waals surface area (Å²) < 4.78 is 7.16. The number of rotatable bonds is 4. The molecule has 7 nitrogen and oxygen atoms in total. The molecule has 21 heavy (non-hydrogen) atoms. The molecule has 1 amide bonds. The summed E-state index contributed by atoms with van der Waals surface area (Å²) in [5, 5.41) is 2.78. The monoisotopic (exact) mass is 291 g/mol. The van der Waals surface area contributed by atoms with Gasteiger partial charge < -0.3 is 20.2 Å². The summed E-state index contributed by atoms with van der Waals surface area (Å²) in [5.41, 5.74) is 6.93. The van der Waals surface area contributed by atoms with Crippen molar-refractivity contribution < 1.29 is 9.53 Å². The Morgan fingerprint density at radius 1 is 1.48 bits per heavy atom. The molecule has 2 heterocycles. The Bertz CT molecular complexity index is 617. The molecule has 0 spiro atoms. The average Bonchev–Trinajstić information content (AvgIpc) is 2.79. The quantitative estimate of drug-likeness (QED) is 0.880. The minimum atomic E-state index is -0.530. The van der Waals surface area contributed by atoms with E-state index in [1.165, 1.54) is 0 Å². The zero-order chi connectivity index (χ0) is 15.5. The lowest BCUT2D eigenvalue weighted by molar-refractivity contribution is 0.0505. The standard InChI is InChI=1S/C14H21N5O2/c1-14(2,3)21-13(20)18-10(7-15)6-11-8-17-12-9-16-4-5-19(11)12/h4-5,8-10H,6-7,15H2,1-3H3,(H,18,20). The van der Waals surface area contributed by atoms with Crippen LogP contribution >= 0.6 is 0 Å². The first-order valence-electron chi connectivity index (χ1n) is 6.84. The first-order chi connectivity index (χ1) is 9.89. The molecule has 0 aliphatic rings. The minimum absolute atomic E-state index is 0.215. The van der Waals surface area contributed by atoms with Crippen molar-refractivity contribution in [2.75, 3.05) is 6.54 Å². The number of nitrogens with two attached hydrogens (primary N) is 1. The van der Waals surface area contributed by atoms with Crippen LogP contribution in [-0.4, -0.2) is 38.6 Å². The zero-order valence-electron chi connectivity index (χ0n) is 12.5. The van der Waals surface area contributed by atoms with Crippen molar-refractivity contribution in [3.63, 3.8) is 0 Å². The van der Waals surface area contributed by atoms with Crippen LogP contribution in [0.4, 0.5) is 4.79 Å². The predicted molar refractivity (Wildman–Crippen MR) is 78.9 cm³/mol. The Morgan fingerprint density at radius 3 is 2.90 bits per heavy atom. The summed E-state index contributed by atoms with van der Waals surface area (Å²) in [6, 6.07) is -0.215. The van der Waals surface area contributed by atoms with Crippen LogP contribution in [0.3, 0.4) is 0 Å². The number of fused-ring (bicyclic) bond motifs is 1. The number of imidazole rings is 1. The molecule has 0 aromatic carbocycles. The Labute approximate surface area is 123 Å². The highest BCUT2D eigenvalue weighted by molar-refractivity contribution is 5.68. The van der Waals surface area contributed by atoms with Crippen LogP contribution in [0, 0.1) is 0 Å². The van der Waals surface area contributed by atoms with E-state index in [1.807, 2.05) is 31.4 Å². The average molecular weight is 291 g/mol.